The van der Waals surface area contributed by atoms with Crippen LogP contribution in [0.3, 0.4) is 0 Å². The Kier molecular flexibility index (Phi) is 6.32. The summed E-state index contributed by atoms with van der Waals surface area (Å²) in [6, 6.07) is 0. The summed E-state index contributed by atoms with van der Waals surface area (Å²) >= 11 is 0. The molecule has 5 heteroatoms. The highest BCUT2D eigenvalue weighted by Crippen LogP contribution is 2.14. The third kappa shape index (κ3) is 4.08. The van der Waals surface area contributed by atoms with Gasteiger partial charge in [0, 0.05) is 44.6 Å². The maximum atomic E-state index is 9.10. The number of aliphatic hydroxyl groups excluding tert-OH is 1. The van der Waals surface area contributed by atoms with Gasteiger partial charge in [0.1, 0.15) is 0 Å². The van der Waals surface area contributed by atoms with E-state index in [2.05, 4.69) is 17.3 Å². The maximum Gasteiger partial charge on any atom is 0.0641 e. The van der Waals surface area contributed by atoms with Gasteiger partial charge in [-0.1, -0.05) is 6.92 Å². The lowest BCUT2D eigenvalue weighted by Crippen LogP contribution is -2.19. The number of ether oxygens (including phenoxy) is 1. The van der Waals surface area contributed by atoms with E-state index in [-0.39, 0.29) is 12.5 Å². The summed E-state index contributed by atoms with van der Waals surface area (Å²) in [5.74, 6) is 0.234. The Morgan fingerprint density at radius 1 is 1.44 bits per heavy atom. The number of hydrogen-bond donors (Lipinski definition) is 2. The fourth-order valence-corrected chi connectivity index (χ4v) is 1.91. The highest BCUT2D eigenvalue weighted by molar-refractivity contribution is 5.24. The van der Waals surface area contributed by atoms with Crippen LogP contribution in [0.15, 0.2) is 0 Å². The topological polar surface area (TPSA) is 59.3 Å². The molecule has 0 aliphatic heterocycles. The Hall–Kier alpha value is -0.910. The molecule has 1 aromatic heterocycles. The van der Waals surface area contributed by atoms with E-state index in [1.807, 2.05) is 18.5 Å². The van der Waals surface area contributed by atoms with Crippen molar-refractivity contribution in [1.29, 1.82) is 0 Å². The lowest BCUT2D eigenvalue weighted by Gasteiger charge is -2.10. The van der Waals surface area contributed by atoms with E-state index in [1.165, 1.54) is 11.3 Å². The first-order valence-corrected chi connectivity index (χ1v) is 6.43. The van der Waals surface area contributed by atoms with Gasteiger partial charge in [0.25, 0.3) is 0 Å². The standard InChI is InChI=1S/C13H25N3O2/c1-10(9-17)8-16-12(3)13(11(2)15-16)7-14-5-6-18-4/h10,14,17H,5-9H2,1-4H3. The molecule has 0 aromatic carbocycles. The Labute approximate surface area is 109 Å². The lowest BCUT2D eigenvalue weighted by atomic mass is 10.2. The first kappa shape index (κ1) is 15.1. The molecule has 0 spiro atoms. The van der Waals surface area contributed by atoms with Crippen LogP contribution >= 0.6 is 0 Å². The van der Waals surface area contributed by atoms with Gasteiger partial charge in [-0.05, 0) is 19.8 Å². The van der Waals surface area contributed by atoms with Gasteiger partial charge in [0.2, 0.25) is 0 Å². The van der Waals surface area contributed by atoms with Gasteiger partial charge in [0.05, 0.1) is 12.3 Å². The summed E-state index contributed by atoms with van der Waals surface area (Å²) in [6.07, 6.45) is 0. The molecule has 2 N–H and O–H groups in total. The van der Waals surface area contributed by atoms with Crippen molar-refractivity contribution in [3.05, 3.63) is 17.0 Å². The summed E-state index contributed by atoms with van der Waals surface area (Å²) < 4.78 is 6.99. The fraction of sp³-hybridized carbons (Fsp3) is 0.769. The minimum absolute atomic E-state index is 0.194. The van der Waals surface area contributed by atoms with Crippen molar-refractivity contribution in [2.75, 3.05) is 26.9 Å². The van der Waals surface area contributed by atoms with Crippen LogP contribution in [0.25, 0.3) is 0 Å². The highest BCUT2D eigenvalue weighted by Gasteiger charge is 2.12. The quantitative estimate of drug-likeness (QED) is 0.677. The first-order valence-electron chi connectivity index (χ1n) is 6.43. The third-order valence-electron chi connectivity index (χ3n) is 3.11. The van der Waals surface area contributed by atoms with E-state index in [0.29, 0.717) is 6.61 Å². The van der Waals surface area contributed by atoms with Crippen molar-refractivity contribution in [3.8, 4) is 0 Å². The van der Waals surface area contributed by atoms with Crippen LogP contribution in [-0.4, -0.2) is 41.8 Å². The normalized spacial score (nSPS) is 12.9. The number of nitrogens with one attached hydrogen (secondary N) is 1. The largest absolute Gasteiger partial charge is 0.396 e. The van der Waals surface area contributed by atoms with Crippen LogP contribution in [0.4, 0.5) is 0 Å². The van der Waals surface area contributed by atoms with Gasteiger partial charge >= 0.3 is 0 Å². The average molecular weight is 255 g/mol. The van der Waals surface area contributed by atoms with Crippen LogP contribution in [0, 0.1) is 19.8 Å². The van der Waals surface area contributed by atoms with E-state index in [4.69, 9.17) is 9.84 Å². The molecule has 0 amide bonds. The van der Waals surface area contributed by atoms with E-state index >= 15 is 0 Å². The second kappa shape index (κ2) is 7.51. The summed E-state index contributed by atoms with van der Waals surface area (Å²) in [5, 5.41) is 17.0. The van der Waals surface area contributed by atoms with Crippen molar-refractivity contribution in [2.24, 2.45) is 5.92 Å². The van der Waals surface area contributed by atoms with E-state index < -0.39 is 0 Å². The van der Waals surface area contributed by atoms with Crippen molar-refractivity contribution in [1.82, 2.24) is 15.1 Å². The van der Waals surface area contributed by atoms with Crippen molar-refractivity contribution >= 4 is 0 Å². The molecule has 0 fully saturated rings. The van der Waals surface area contributed by atoms with Gasteiger partial charge in [-0.2, -0.15) is 5.10 Å². The minimum atomic E-state index is 0.194. The second-order valence-corrected chi connectivity index (χ2v) is 4.79. The smallest absolute Gasteiger partial charge is 0.0641 e. The lowest BCUT2D eigenvalue weighted by molar-refractivity contribution is 0.199. The number of nitrogens with zero attached hydrogens (tertiary/aromatic N) is 2. The number of rotatable bonds is 8. The van der Waals surface area contributed by atoms with Crippen molar-refractivity contribution in [2.45, 2.75) is 33.9 Å². The SMILES string of the molecule is COCCNCc1c(C)nn(CC(C)CO)c1C. The molecule has 1 heterocycles. The molecular weight excluding hydrogens is 230 g/mol. The van der Waals surface area contributed by atoms with Crippen molar-refractivity contribution in [3.63, 3.8) is 0 Å². The summed E-state index contributed by atoms with van der Waals surface area (Å²) in [6.45, 7) is 9.46. The van der Waals surface area contributed by atoms with Crippen LogP contribution in [0.1, 0.15) is 23.9 Å². The second-order valence-electron chi connectivity index (χ2n) is 4.79. The molecule has 104 valence electrons. The first-order chi connectivity index (χ1) is 8.60. The molecule has 1 rings (SSSR count). The predicted molar refractivity (Wildman–Crippen MR) is 71.5 cm³/mol. The molecule has 0 bridgehead atoms. The zero-order chi connectivity index (χ0) is 13.5. The Morgan fingerprint density at radius 3 is 2.78 bits per heavy atom. The molecule has 18 heavy (non-hydrogen) atoms. The number of aromatic nitrogens is 2. The van der Waals surface area contributed by atoms with Gasteiger partial charge in [-0.3, -0.25) is 4.68 Å². The monoisotopic (exact) mass is 255 g/mol. The highest BCUT2D eigenvalue weighted by atomic mass is 16.5. The molecule has 1 atom stereocenters. The number of hydrogen-bond acceptors (Lipinski definition) is 4. The third-order valence-corrected chi connectivity index (χ3v) is 3.11. The molecule has 1 aromatic rings. The summed E-state index contributed by atoms with van der Waals surface area (Å²) in [5.41, 5.74) is 3.48. The molecule has 1 unspecified atom stereocenters. The van der Waals surface area contributed by atoms with Gasteiger partial charge in [0.15, 0.2) is 0 Å². The van der Waals surface area contributed by atoms with Gasteiger partial charge < -0.3 is 15.2 Å². The zero-order valence-electron chi connectivity index (χ0n) is 11.9. The Balaban J connectivity index is 2.62. The van der Waals surface area contributed by atoms with Crippen LogP contribution in [0.5, 0.6) is 0 Å². The van der Waals surface area contributed by atoms with E-state index in [1.54, 1.807) is 7.11 Å². The minimum Gasteiger partial charge on any atom is -0.396 e. The van der Waals surface area contributed by atoms with Gasteiger partial charge in [-0.25, -0.2) is 0 Å². The Bertz CT molecular complexity index is 363. The number of aryl methyl sites for hydroxylation is 1. The zero-order valence-corrected chi connectivity index (χ0v) is 11.9. The molecular formula is C13H25N3O2. The molecule has 0 saturated carbocycles. The Morgan fingerprint density at radius 2 is 2.17 bits per heavy atom. The molecule has 5 nitrogen and oxygen atoms in total. The van der Waals surface area contributed by atoms with Gasteiger partial charge in [-0.15, -0.1) is 0 Å². The summed E-state index contributed by atoms with van der Waals surface area (Å²) in [4.78, 5) is 0. The van der Waals surface area contributed by atoms with Crippen LogP contribution < -0.4 is 5.32 Å². The molecule has 0 aliphatic carbocycles. The van der Waals surface area contributed by atoms with Crippen LogP contribution in [-0.2, 0) is 17.8 Å². The van der Waals surface area contributed by atoms with E-state index in [0.717, 1.165) is 25.3 Å². The fourth-order valence-electron chi connectivity index (χ4n) is 1.91. The van der Waals surface area contributed by atoms with E-state index in [9.17, 15) is 0 Å². The molecule has 0 radical (unpaired) electrons. The number of aliphatic hydroxyl groups is 1. The maximum absolute atomic E-state index is 9.10. The molecule has 0 aliphatic rings. The van der Waals surface area contributed by atoms with Crippen LogP contribution in [0.2, 0.25) is 0 Å². The predicted octanol–water partition coefficient (Wildman–Crippen LogP) is 0.864. The summed E-state index contributed by atoms with van der Waals surface area (Å²) in [7, 11) is 1.70. The average Bonchev–Trinajstić information content (AvgIpc) is 2.61. The van der Waals surface area contributed by atoms with Crippen molar-refractivity contribution < 1.29 is 9.84 Å². The molecule has 0 saturated heterocycles. The number of methoxy groups -OCH3 is 1.